The Hall–Kier alpha value is -1.28. The minimum absolute atomic E-state index is 0.00112. The van der Waals surface area contributed by atoms with Gasteiger partial charge in [-0.15, -0.1) is 11.3 Å². The van der Waals surface area contributed by atoms with Crippen LogP contribution in [-0.4, -0.2) is 16.9 Å². The number of rotatable bonds is 5. The van der Waals surface area contributed by atoms with Crippen molar-refractivity contribution in [3.8, 4) is 0 Å². The van der Waals surface area contributed by atoms with Gasteiger partial charge in [0.25, 0.3) is 0 Å². The molecule has 1 saturated heterocycles. The topological polar surface area (TPSA) is 66.0 Å². The second-order valence-electron chi connectivity index (χ2n) is 6.23. The maximum Gasteiger partial charge on any atom is 0.238 e. The number of thiazole rings is 1. The highest BCUT2D eigenvalue weighted by Crippen LogP contribution is 2.24. The molecule has 7 heteroatoms. The quantitative estimate of drug-likeness (QED) is 0.710. The highest BCUT2D eigenvalue weighted by molar-refractivity contribution is 9.10. The van der Waals surface area contributed by atoms with E-state index in [4.69, 9.17) is 0 Å². The summed E-state index contributed by atoms with van der Waals surface area (Å²) in [6.07, 6.45) is 0.724. The molecule has 5 nitrogen and oxygen atoms in total. The van der Waals surface area contributed by atoms with Crippen molar-refractivity contribution < 1.29 is 4.79 Å². The van der Waals surface area contributed by atoms with Crippen molar-refractivity contribution in [2.24, 2.45) is 0 Å². The molecule has 1 aliphatic heterocycles. The zero-order valence-electron chi connectivity index (χ0n) is 13.7. The normalized spacial score (nSPS) is 20.5. The molecule has 2 heterocycles. The molecule has 0 bridgehead atoms. The van der Waals surface area contributed by atoms with E-state index in [0.29, 0.717) is 12.5 Å². The number of hydrogen-bond donors (Lipinski definition) is 3. The highest BCUT2D eigenvalue weighted by Gasteiger charge is 2.29. The highest BCUT2D eigenvalue weighted by atomic mass is 79.9. The molecule has 1 aromatic carbocycles. The van der Waals surface area contributed by atoms with Crippen LogP contribution >= 0.6 is 27.3 Å². The van der Waals surface area contributed by atoms with Gasteiger partial charge < -0.3 is 5.32 Å². The molecule has 0 aliphatic carbocycles. The van der Waals surface area contributed by atoms with Gasteiger partial charge in [-0.1, -0.05) is 41.9 Å². The lowest BCUT2D eigenvalue weighted by Crippen LogP contribution is -2.42. The molecular formula is C17H21BrN4OS. The number of carbonyl (C=O) groups excluding carboxylic acids is 1. The molecule has 2 atom stereocenters. The predicted molar refractivity (Wildman–Crippen MR) is 99.6 cm³/mol. The van der Waals surface area contributed by atoms with Crippen LogP contribution < -0.4 is 16.2 Å². The summed E-state index contributed by atoms with van der Waals surface area (Å²) < 4.78 is 1.05. The Balaban J connectivity index is 1.51. The van der Waals surface area contributed by atoms with Crippen LogP contribution in [-0.2, 0) is 11.3 Å². The van der Waals surface area contributed by atoms with Crippen molar-refractivity contribution in [3.63, 3.8) is 0 Å². The van der Waals surface area contributed by atoms with Gasteiger partial charge in [-0.25, -0.2) is 15.8 Å². The Kier molecular flexibility index (Phi) is 5.65. The standard InChI is InChI=1S/C17H21BrN4OS/c1-10(2)17-20-13(9-24-17)8-19-16(23)15-7-14(21-22-15)11-3-5-12(18)6-4-11/h3-6,9-10,14-15,21-22H,7-8H2,1-2H3,(H,19,23). The van der Waals surface area contributed by atoms with Gasteiger partial charge in [0.1, 0.15) is 6.04 Å². The molecule has 3 N–H and O–H groups in total. The minimum atomic E-state index is -0.234. The Morgan fingerprint density at radius 1 is 1.38 bits per heavy atom. The minimum Gasteiger partial charge on any atom is -0.349 e. The van der Waals surface area contributed by atoms with E-state index in [9.17, 15) is 4.79 Å². The van der Waals surface area contributed by atoms with E-state index in [2.05, 4.69) is 63.1 Å². The molecule has 128 valence electrons. The summed E-state index contributed by atoms with van der Waals surface area (Å²) in [6.45, 7) is 4.72. The molecule has 2 aromatic rings. The third-order valence-electron chi connectivity index (χ3n) is 4.00. The van der Waals surface area contributed by atoms with Gasteiger partial charge in [0, 0.05) is 21.8 Å². The number of halogens is 1. The summed E-state index contributed by atoms with van der Waals surface area (Å²) in [7, 11) is 0. The summed E-state index contributed by atoms with van der Waals surface area (Å²) in [6, 6.07) is 8.05. The smallest absolute Gasteiger partial charge is 0.238 e. The number of nitrogens with zero attached hydrogens (tertiary/aromatic N) is 1. The van der Waals surface area contributed by atoms with Crippen LogP contribution in [0.5, 0.6) is 0 Å². The van der Waals surface area contributed by atoms with Gasteiger partial charge in [0.15, 0.2) is 0 Å². The lowest BCUT2D eigenvalue weighted by atomic mass is 10.0. The lowest BCUT2D eigenvalue weighted by molar-refractivity contribution is -0.123. The van der Waals surface area contributed by atoms with Crippen molar-refractivity contribution in [2.75, 3.05) is 0 Å². The third-order valence-corrected chi connectivity index (χ3v) is 5.72. The van der Waals surface area contributed by atoms with E-state index < -0.39 is 0 Å². The molecule has 0 saturated carbocycles. The summed E-state index contributed by atoms with van der Waals surface area (Å²) in [4.78, 5) is 16.9. The fourth-order valence-electron chi connectivity index (χ4n) is 2.61. The number of hydrazine groups is 1. The van der Waals surface area contributed by atoms with Gasteiger partial charge in [0.05, 0.1) is 17.2 Å². The van der Waals surface area contributed by atoms with Gasteiger partial charge in [-0.3, -0.25) is 4.79 Å². The third kappa shape index (κ3) is 4.22. The van der Waals surface area contributed by atoms with Gasteiger partial charge >= 0.3 is 0 Å². The van der Waals surface area contributed by atoms with Crippen molar-refractivity contribution in [1.82, 2.24) is 21.2 Å². The molecular weight excluding hydrogens is 388 g/mol. The van der Waals surface area contributed by atoms with Crippen LogP contribution in [0.25, 0.3) is 0 Å². The summed E-state index contributed by atoms with van der Waals surface area (Å²) in [5.74, 6) is 0.424. The van der Waals surface area contributed by atoms with Crippen molar-refractivity contribution in [1.29, 1.82) is 0 Å². The second-order valence-corrected chi connectivity index (χ2v) is 8.04. The molecule has 1 aliphatic rings. The van der Waals surface area contributed by atoms with Crippen LogP contribution in [0.1, 0.15) is 48.5 Å². The van der Waals surface area contributed by atoms with Crippen molar-refractivity contribution >= 4 is 33.2 Å². The molecule has 2 unspecified atom stereocenters. The first-order valence-electron chi connectivity index (χ1n) is 8.01. The van der Waals surface area contributed by atoms with Crippen LogP contribution in [0, 0.1) is 0 Å². The molecule has 1 fully saturated rings. The van der Waals surface area contributed by atoms with E-state index in [1.54, 1.807) is 11.3 Å². The first-order valence-corrected chi connectivity index (χ1v) is 9.68. The van der Waals surface area contributed by atoms with Gasteiger partial charge in [0.2, 0.25) is 5.91 Å². The van der Waals surface area contributed by atoms with Crippen molar-refractivity contribution in [3.05, 3.63) is 50.4 Å². The summed E-state index contributed by atoms with van der Waals surface area (Å²) in [5, 5.41) is 6.09. The number of aromatic nitrogens is 1. The molecule has 0 radical (unpaired) electrons. The van der Waals surface area contributed by atoms with Crippen molar-refractivity contribution in [2.45, 2.75) is 44.8 Å². The number of nitrogens with one attached hydrogen (secondary N) is 3. The maximum atomic E-state index is 12.3. The van der Waals surface area contributed by atoms with Crippen LogP contribution in [0.4, 0.5) is 0 Å². The van der Waals surface area contributed by atoms with E-state index >= 15 is 0 Å². The van der Waals surface area contributed by atoms with Crippen LogP contribution in [0.15, 0.2) is 34.1 Å². The average Bonchev–Trinajstić information content (AvgIpc) is 3.23. The maximum absolute atomic E-state index is 12.3. The van der Waals surface area contributed by atoms with E-state index in [0.717, 1.165) is 21.6 Å². The predicted octanol–water partition coefficient (Wildman–Crippen LogP) is 3.25. The molecule has 1 amide bonds. The first kappa shape index (κ1) is 17.5. The second kappa shape index (κ2) is 7.74. The monoisotopic (exact) mass is 408 g/mol. The lowest BCUT2D eigenvalue weighted by Gasteiger charge is -2.10. The average molecular weight is 409 g/mol. The molecule has 0 spiro atoms. The summed E-state index contributed by atoms with van der Waals surface area (Å²) >= 11 is 5.08. The first-order chi connectivity index (χ1) is 11.5. The fourth-order valence-corrected chi connectivity index (χ4v) is 3.71. The fraction of sp³-hybridized carbons (Fsp3) is 0.412. The Morgan fingerprint density at radius 2 is 2.12 bits per heavy atom. The zero-order valence-corrected chi connectivity index (χ0v) is 16.1. The van der Waals surface area contributed by atoms with Gasteiger partial charge in [-0.05, 0) is 24.1 Å². The van der Waals surface area contributed by atoms with E-state index in [1.807, 2.05) is 17.5 Å². The van der Waals surface area contributed by atoms with Gasteiger partial charge in [-0.2, -0.15) is 0 Å². The molecule has 3 rings (SSSR count). The SMILES string of the molecule is CC(C)c1nc(CNC(=O)C2CC(c3ccc(Br)cc3)NN2)cs1. The number of amides is 1. The largest absolute Gasteiger partial charge is 0.349 e. The number of benzene rings is 1. The molecule has 1 aromatic heterocycles. The Bertz CT molecular complexity index is 701. The number of carbonyl (C=O) groups is 1. The van der Waals surface area contributed by atoms with Crippen LogP contribution in [0.3, 0.4) is 0 Å². The number of hydrogen-bond acceptors (Lipinski definition) is 5. The van der Waals surface area contributed by atoms with E-state index in [1.165, 1.54) is 5.56 Å². The summed E-state index contributed by atoms with van der Waals surface area (Å²) in [5.41, 5.74) is 8.38. The van der Waals surface area contributed by atoms with Crippen LogP contribution in [0.2, 0.25) is 0 Å². The Labute approximate surface area is 154 Å². The Morgan fingerprint density at radius 3 is 2.79 bits per heavy atom. The zero-order chi connectivity index (χ0) is 17.1. The molecule has 24 heavy (non-hydrogen) atoms. The van der Waals surface area contributed by atoms with E-state index in [-0.39, 0.29) is 18.0 Å².